The Balaban J connectivity index is 1.92. The summed E-state index contributed by atoms with van der Waals surface area (Å²) in [5.74, 6) is 0.443. The number of halogens is 1. The molecule has 0 saturated carbocycles. The Bertz CT molecular complexity index is 1470. The number of methoxy groups -OCH3 is 2. The molecule has 2 aliphatic rings. The monoisotopic (exact) mass is 499 g/mol. The summed E-state index contributed by atoms with van der Waals surface area (Å²) < 4.78 is 50.1. The Hall–Kier alpha value is -3.69. The zero-order chi connectivity index (χ0) is 24.0. The molecular formula is C24H18ClNO7S. The van der Waals surface area contributed by atoms with Gasteiger partial charge in [-0.2, -0.15) is 0 Å². The number of esters is 1. The number of sulfonamides is 1. The summed E-state index contributed by atoms with van der Waals surface area (Å²) in [7, 11) is -1.61. The van der Waals surface area contributed by atoms with Gasteiger partial charge in [0.1, 0.15) is 5.75 Å². The van der Waals surface area contributed by atoms with Crippen molar-refractivity contribution < 1.29 is 32.2 Å². The molecule has 0 saturated heterocycles. The van der Waals surface area contributed by atoms with Crippen LogP contribution >= 0.6 is 11.6 Å². The van der Waals surface area contributed by atoms with Crippen molar-refractivity contribution in [1.82, 2.24) is 0 Å². The molecule has 2 aliphatic heterocycles. The summed E-state index contributed by atoms with van der Waals surface area (Å²) in [6, 6.07) is 16.1. The number of carbonyl (C=O) groups is 1. The number of rotatable bonds is 4. The molecule has 10 heteroatoms. The first-order valence-electron chi connectivity index (χ1n) is 10.1. The van der Waals surface area contributed by atoms with E-state index in [-0.39, 0.29) is 28.1 Å². The van der Waals surface area contributed by atoms with Gasteiger partial charge < -0.3 is 18.9 Å². The zero-order valence-corrected chi connectivity index (χ0v) is 19.6. The van der Waals surface area contributed by atoms with Crippen LogP contribution in [0.25, 0.3) is 5.57 Å². The Labute approximate surface area is 200 Å². The van der Waals surface area contributed by atoms with Gasteiger partial charge in [-0.05, 0) is 24.3 Å². The van der Waals surface area contributed by atoms with Gasteiger partial charge in [0.25, 0.3) is 10.0 Å². The Morgan fingerprint density at radius 3 is 2.50 bits per heavy atom. The molecule has 2 heterocycles. The highest BCUT2D eigenvalue weighted by atomic mass is 35.5. The van der Waals surface area contributed by atoms with E-state index in [9.17, 15) is 13.2 Å². The SMILES string of the molecule is COC(=O)C1=C(c2cccc3c2OCO3)c2ccccc2S(=O)(=O)N1c1ccc(OC)cc1Cl. The number of hydrogen-bond acceptors (Lipinski definition) is 7. The fourth-order valence-corrected chi connectivity index (χ4v) is 6.08. The van der Waals surface area contributed by atoms with Crippen LogP contribution in [0.15, 0.2) is 71.3 Å². The molecule has 3 aromatic rings. The maximum Gasteiger partial charge on any atom is 0.356 e. The van der Waals surface area contributed by atoms with Crippen molar-refractivity contribution in [2.45, 2.75) is 4.90 Å². The van der Waals surface area contributed by atoms with Gasteiger partial charge in [0.05, 0.1) is 29.8 Å². The fraction of sp³-hybridized carbons (Fsp3) is 0.125. The molecule has 0 bridgehead atoms. The van der Waals surface area contributed by atoms with Gasteiger partial charge in [-0.1, -0.05) is 41.9 Å². The van der Waals surface area contributed by atoms with E-state index in [0.29, 0.717) is 33.9 Å². The Kier molecular flexibility index (Phi) is 5.38. The van der Waals surface area contributed by atoms with Gasteiger partial charge in [-0.25, -0.2) is 17.5 Å². The first-order chi connectivity index (χ1) is 16.4. The number of carbonyl (C=O) groups excluding carboxylic acids is 1. The first-order valence-corrected chi connectivity index (χ1v) is 11.9. The van der Waals surface area contributed by atoms with Crippen molar-refractivity contribution in [3.05, 3.63) is 82.5 Å². The minimum atomic E-state index is -4.26. The van der Waals surface area contributed by atoms with Gasteiger partial charge in [-0.15, -0.1) is 0 Å². The van der Waals surface area contributed by atoms with Crippen LogP contribution < -0.4 is 18.5 Å². The van der Waals surface area contributed by atoms with E-state index < -0.39 is 16.0 Å². The van der Waals surface area contributed by atoms with Gasteiger partial charge in [-0.3, -0.25) is 0 Å². The number of fused-ring (bicyclic) bond motifs is 2. The second-order valence-electron chi connectivity index (χ2n) is 7.34. The second-order valence-corrected chi connectivity index (χ2v) is 9.50. The van der Waals surface area contributed by atoms with Gasteiger partial charge in [0, 0.05) is 22.8 Å². The van der Waals surface area contributed by atoms with E-state index in [1.165, 1.54) is 32.4 Å². The van der Waals surface area contributed by atoms with Crippen LogP contribution in [-0.4, -0.2) is 35.4 Å². The zero-order valence-electron chi connectivity index (χ0n) is 18.1. The van der Waals surface area contributed by atoms with Crippen molar-refractivity contribution in [3.63, 3.8) is 0 Å². The molecule has 0 spiro atoms. The number of nitrogens with zero attached hydrogens (tertiary/aromatic N) is 1. The lowest BCUT2D eigenvalue weighted by Crippen LogP contribution is -2.39. The molecule has 3 aromatic carbocycles. The van der Waals surface area contributed by atoms with E-state index >= 15 is 0 Å². The maximum atomic E-state index is 13.9. The molecular weight excluding hydrogens is 482 g/mol. The van der Waals surface area contributed by atoms with Crippen LogP contribution in [0.4, 0.5) is 5.69 Å². The molecule has 8 nitrogen and oxygen atoms in total. The lowest BCUT2D eigenvalue weighted by Gasteiger charge is -2.33. The number of benzene rings is 3. The number of ether oxygens (including phenoxy) is 4. The molecule has 0 atom stereocenters. The van der Waals surface area contributed by atoms with Crippen LogP contribution in [0.3, 0.4) is 0 Å². The number of anilines is 1. The van der Waals surface area contributed by atoms with E-state index in [1.54, 1.807) is 42.5 Å². The third-order valence-corrected chi connectivity index (χ3v) is 7.61. The summed E-state index contributed by atoms with van der Waals surface area (Å²) >= 11 is 6.49. The fourth-order valence-electron chi connectivity index (χ4n) is 4.06. The molecule has 0 unspecified atom stereocenters. The predicted molar refractivity (Wildman–Crippen MR) is 125 cm³/mol. The predicted octanol–water partition coefficient (Wildman–Crippen LogP) is 4.22. The highest BCUT2D eigenvalue weighted by Crippen LogP contribution is 2.49. The molecule has 0 aromatic heterocycles. The minimum Gasteiger partial charge on any atom is -0.497 e. The summed E-state index contributed by atoms with van der Waals surface area (Å²) in [6.07, 6.45) is 0. The Morgan fingerprint density at radius 2 is 1.76 bits per heavy atom. The second kappa shape index (κ2) is 8.27. The average Bonchev–Trinajstić information content (AvgIpc) is 3.33. The third-order valence-electron chi connectivity index (χ3n) is 5.53. The molecule has 0 fully saturated rings. The van der Waals surface area contributed by atoms with Crippen LogP contribution in [0, 0.1) is 0 Å². The molecule has 0 N–H and O–H groups in total. The summed E-state index contributed by atoms with van der Waals surface area (Å²) in [6.45, 7) is 0.00114. The smallest absolute Gasteiger partial charge is 0.356 e. The number of hydrogen-bond donors (Lipinski definition) is 0. The normalized spacial score (nSPS) is 15.7. The highest BCUT2D eigenvalue weighted by Gasteiger charge is 2.43. The van der Waals surface area contributed by atoms with Gasteiger partial charge >= 0.3 is 5.97 Å². The standard InChI is InChI=1S/C24H18ClNO7S/c1-30-14-10-11-18(17(25)12-14)26-22(24(27)31-2)21(15-6-3-4-9-20(15)34(26,28)29)16-7-5-8-19-23(16)33-13-32-19/h3-12H,13H2,1-2H3. The quantitative estimate of drug-likeness (QED) is 0.496. The minimum absolute atomic E-state index is 0.000978. The highest BCUT2D eigenvalue weighted by molar-refractivity contribution is 7.93. The summed E-state index contributed by atoms with van der Waals surface area (Å²) in [4.78, 5) is 13.2. The van der Waals surface area contributed by atoms with E-state index in [4.69, 9.17) is 30.5 Å². The van der Waals surface area contributed by atoms with Crippen LogP contribution in [0.5, 0.6) is 17.2 Å². The van der Waals surface area contributed by atoms with E-state index in [2.05, 4.69) is 0 Å². The molecule has 174 valence electrons. The van der Waals surface area contributed by atoms with Crippen molar-refractivity contribution in [2.75, 3.05) is 25.3 Å². The average molecular weight is 500 g/mol. The Morgan fingerprint density at radius 1 is 1.00 bits per heavy atom. The van der Waals surface area contributed by atoms with Crippen LogP contribution in [-0.2, 0) is 19.6 Å². The first kappa shape index (κ1) is 22.1. The maximum absolute atomic E-state index is 13.9. The van der Waals surface area contributed by atoms with Crippen molar-refractivity contribution >= 4 is 38.9 Å². The lowest BCUT2D eigenvalue weighted by molar-refractivity contribution is -0.136. The van der Waals surface area contributed by atoms with E-state index in [1.807, 2.05) is 0 Å². The summed E-state index contributed by atoms with van der Waals surface area (Å²) in [5, 5.41) is 0.0703. The van der Waals surface area contributed by atoms with E-state index in [0.717, 1.165) is 4.31 Å². The largest absolute Gasteiger partial charge is 0.497 e. The van der Waals surface area contributed by atoms with Crippen molar-refractivity contribution in [2.24, 2.45) is 0 Å². The molecule has 5 rings (SSSR count). The molecule has 34 heavy (non-hydrogen) atoms. The third kappa shape index (κ3) is 3.27. The number of para-hydroxylation sites is 1. The molecule has 0 amide bonds. The topological polar surface area (TPSA) is 91.4 Å². The van der Waals surface area contributed by atoms with Crippen molar-refractivity contribution in [3.8, 4) is 17.2 Å². The summed E-state index contributed by atoms with van der Waals surface area (Å²) in [5.41, 5.74) is 0.961. The van der Waals surface area contributed by atoms with Crippen LogP contribution in [0.2, 0.25) is 5.02 Å². The van der Waals surface area contributed by atoms with Crippen molar-refractivity contribution in [1.29, 1.82) is 0 Å². The lowest BCUT2D eigenvalue weighted by atomic mass is 9.94. The van der Waals surface area contributed by atoms with Crippen LogP contribution in [0.1, 0.15) is 11.1 Å². The van der Waals surface area contributed by atoms with Gasteiger partial charge in [0.2, 0.25) is 6.79 Å². The molecule has 0 radical (unpaired) electrons. The van der Waals surface area contributed by atoms with Gasteiger partial charge in [0.15, 0.2) is 17.2 Å². The molecule has 0 aliphatic carbocycles.